The molecular weight excluding hydrogens is 933 g/mol. The van der Waals surface area contributed by atoms with Gasteiger partial charge < -0.3 is 35.9 Å². The van der Waals surface area contributed by atoms with Gasteiger partial charge in [-0.05, 0) is 112 Å². The standard InChI is InChI=1S/C53H68N12O8/c1-30(2)63(34-23-31(24-34)12-18-41-60-37-16-13-32(53(3,4)5)25-38(37)61-41)27-40-45(68)46(69)52(73-40)64-29-59-44-47(57-28-58-48(44)64)56-22-10-9-21-55-42(66)11-7-6-8-20-54-33-14-15-35-36(26-33)51(72)65(50(35)71)39-17-19-43(67)62-49(39)70/h13-16,25-26,28-31,34,39-40,45,54,68-69H,6-12,17-24,27H2,1-5H3,(H,55,66)(H,60,61)(H,56,57,58)(H,62,67,70)/t31?,34?,39?,40-,45?/m1/s1. The number of hydrogen-bond acceptors (Lipinski definition) is 15. The number of H-pyrrole nitrogens is 1. The minimum atomic E-state index is -1.21. The number of aryl methyl sites for hydroxylation is 1. The highest BCUT2D eigenvalue weighted by molar-refractivity contribution is 6.23. The number of unbranched alkanes of at least 4 members (excludes halogenated alkanes) is 3. The third kappa shape index (κ3) is 11.2. The summed E-state index contributed by atoms with van der Waals surface area (Å²) in [6, 6.07) is 11.0. The quantitative estimate of drug-likeness (QED) is 0.0312. The SMILES string of the molecule is CC(C)N(C[C@H]1OC(n2cnc3c(NCCCCNC(=O)CCCCCNc4ccc5c(c4)C(=O)N(C4CCC(=O)NC4=O)C5=O)ncnc32)=C(O)C1O)C1CC(CCc2nc3ccc(C(C)(C)C)cc3[nH]2)C1. The summed E-state index contributed by atoms with van der Waals surface area (Å²) in [5, 5.41) is 34.2. The van der Waals surface area contributed by atoms with E-state index in [2.05, 4.69) is 98.9 Å². The molecule has 7 N–H and O–H groups in total. The summed E-state index contributed by atoms with van der Waals surface area (Å²) in [6.45, 7) is 13.1. The molecule has 388 valence electrons. The zero-order valence-corrected chi connectivity index (χ0v) is 42.4. The molecule has 2 fully saturated rings. The molecule has 3 atom stereocenters. The van der Waals surface area contributed by atoms with Crippen molar-refractivity contribution in [1.29, 1.82) is 0 Å². The van der Waals surface area contributed by atoms with Crippen molar-refractivity contribution in [1.82, 2.24) is 49.9 Å². The highest BCUT2D eigenvalue weighted by Crippen LogP contribution is 2.39. The summed E-state index contributed by atoms with van der Waals surface area (Å²) in [7, 11) is 0. The van der Waals surface area contributed by atoms with Crippen molar-refractivity contribution in [3.8, 4) is 0 Å². The van der Waals surface area contributed by atoms with Crippen LogP contribution in [0.1, 0.15) is 137 Å². The zero-order valence-electron chi connectivity index (χ0n) is 42.4. The molecule has 20 nitrogen and oxygen atoms in total. The van der Waals surface area contributed by atoms with Crippen molar-refractivity contribution in [3.63, 3.8) is 0 Å². The van der Waals surface area contributed by atoms with Gasteiger partial charge in [-0.1, -0.05) is 33.3 Å². The van der Waals surface area contributed by atoms with E-state index in [0.29, 0.717) is 73.6 Å². The van der Waals surface area contributed by atoms with E-state index in [4.69, 9.17) is 9.72 Å². The van der Waals surface area contributed by atoms with Gasteiger partial charge in [0.15, 0.2) is 28.8 Å². The van der Waals surface area contributed by atoms with Crippen LogP contribution in [0.3, 0.4) is 0 Å². The molecule has 3 aromatic heterocycles. The lowest BCUT2D eigenvalue weighted by Crippen LogP contribution is -2.54. The summed E-state index contributed by atoms with van der Waals surface area (Å²) >= 11 is 0. The Morgan fingerprint density at radius 1 is 0.932 bits per heavy atom. The molecule has 2 aromatic carbocycles. The Morgan fingerprint density at radius 2 is 1.70 bits per heavy atom. The molecule has 73 heavy (non-hydrogen) atoms. The number of aliphatic hydroxyl groups excluding tert-OH is 2. The molecule has 3 aliphatic heterocycles. The second-order valence-electron chi connectivity index (χ2n) is 21.2. The van der Waals surface area contributed by atoms with Gasteiger partial charge in [-0.25, -0.2) is 24.5 Å². The zero-order chi connectivity index (χ0) is 51.6. The Morgan fingerprint density at radius 3 is 2.48 bits per heavy atom. The highest BCUT2D eigenvalue weighted by atomic mass is 16.5. The Kier molecular flexibility index (Phi) is 15.1. The molecule has 4 aliphatic rings. The van der Waals surface area contributed by atoms with Gasteiger partial charge in [0.1, 0.15) is 30.6 Å². The van der Waals surface area contributed by atoms with Crippen LogP contribution in [0, 0.1) is 5.92 Å². The molecule has 5 amide bonds. The number of carbonyl (C=O) groups excluding carboxylic acids is 5. The van der Waals surface area contributed by atoms with E-state index in [9.17, 15) is 34.2 Å². The average Bonchev–Trinajstić information content (AvgIpc) is 4.09. The van der Waals surface area contributed by atoms with E-state index < -0.39 is 41.9 Å². The number of nitrogens with one attached hydrogen (secondary N) is 5. The number of ether oxygens (including phenoxy) is 1. The minimum absolute atomic E-state index is 0.0141. The molecule has 0 radical (unpaired) electrons. The number of piperidine rings is 1. The van der Waals surface area contributed by atoms with Crippen LogP contribution in [-0.2, 0) is 31.0 Å². The normalized spacial score (nSPS) is 21.1. The number of imidazole rings is 2. The molecular formula is C53H68N12O8. The third-order valence-corrected chi connectivity index (χ3v) is 14.7. The number of fused-ring (bicyclic) bond motifs is 3. The van der Waals surface area contributed by atoms with E-state index in [-0.39, 0.29) is 53.0 Å². The molecule has 9 rings (SSSR count). The lowest BCUT2D eigenvalue weighted by atomic mass is 9.76. The average molecular weight is 1000 g/mol. The van der Waals surface area contributed by atoms with Crippen LogP contribution in [0.4, 0.5) is 11.5 Å². The Balaban J connectivity index is 0.659. The predicted octanol–water partition coefficient (Wildman–Crippen LogP) is 5.95. The van der Waals surface area contributed by atoms with Gasteiger partial charge in [0.05, 0.1) is 22.2 Å². The van der Waals surface area contributed by atoms with Crippen LogP contribution in [0.2, 0.25) is 0 Å². The number of imide groups is 2. The number of aromatic amines is 1. The second kappa shape index (κ2) is 21.7. The fraction of sp³-hybridized carbons (Fsp3) is 0.528. The molecule has 5 aromatic rings. The maximum Gasteiger partial charge on any atom is 0.262 e. The van der Waals surface area contributed by atoms with E-state index in [1.165, 1.54) is 18.2 Å². The van der Waals surface area contributed by atoms with Crippen LogP contribution in [0.15, 0.2) is 54.8 Å². The Labute approximate surface area is 424 Å². The van der Waals surface area contributed by atoms with Crippen LogP contribution in [-0.4, -0.2) is 136 Å². The lowest BCUT2D eigenvalue weighted by molar-refractivity contribution is -0.136. The fourth-order valence-electron chi connectivity index (χ4n) is 10.4. The predicted molar refractivity (Wildman–Crippen MR) is 274 cm³/mol. The topological polar surface area (TPSA) is 262 Å². The van der Waals surface area contributed by atoms with Crippen molar-refractivity contribution in [2.24, 2.45) is 5.92 Å². The van der Waals surface area contributed by atoms with E-state index in [1.54, 1.807) is 22.8 Å². The van der Waals surface area contributed by atoms with Gasteiger partial charge in [0.25, 0.3) is 11.8 Å². The van der Waals surface area contributed by atoms with E-state index in [0.717, 1.165) is 73.1 Å². The Hall–Kier alpha value is -6.93. The van der Waals surface area contributed by atoms with Crippen LogP contribution in [0.25, 0.3) is 28.1 Å². The number of benzene rings is 2. The number of carbonyl (C=O) groups is 5. The van der Waals surface area contributed by atoms with Gasteiger partial charge in [0.2, 0.25) is 23.6 Å². The van der Waals surface area contributed by atoms with Crippen LogP contribution in [0.5, 0.6) is 0 Å². The summed E-state index contributed by atoms with van der Waals surface area (Å²) in [5.41, 5.74) is 5.50. The monoisotopic (exact) mass is 1000 g/mol. The largest absolute Gasteiger partial charge is 0.505 e. The minimum Gasteiger partial charge on any atom is -0.505 e. The van der Waals surface area contributed by atoms with E-state index >= 15 is 0 Å². The molecule has 1 saturated heterocycles. The number of amides is 5. The van der Waals surface area contributed by atoms with Crippen LogP contribution < -0.4 is 21.3 Å². The summed E-state index contributed by atoms with van der Waals surface area (Å²) in [4.78, 5) is 87.7. The summed E-state index contributed by atoms with van der Waals surface area (Å²) < 4.78 is 7.86. The Bertz CT molecular complexity index is 2920. The smallest absolute Gasteiger partial charge is 0.262 e. The van der Waals surface area contributed by atoms with Crippen molar-refractivity contribution < 1.29 is 38.9 Å². The van der Waals surface area contributed by atoms with Gasteiger partial charge in [0, 0.05) is 63.2 Å². The number of anilines is 2. The van der Waals surface area contributed by atoms with Crippen molar-refractivity contribution in [2.45, 2.75) is 147 Å². The molecule has 0 bridgehead atoms. The van der Waals surface area contributed by atoms with Gasteiger partial charge in [-0.3, -0.25) is 39.1 Å². The number of rotatable bonds is 22. The van der Waals surface area contributed by atoms with Crippen molar-refractivity contribution >= 4 is 69.1 Å². The molecule has 1 saturated carbocycles. The third-order valence-electron chi connectivity index (χ3n) is 14.7. The molecule has 2 unspecified atom stereocenters. The molecule has 0 spiro atoms. The number of hydrogen-bond donors (Lipinski definition) is 7. The summed E-state index contributed by atoms with van der Waals surface area (Å²) in [6.07, 6.45) is 9.48. The fourth-order valence-corrected chi connectivity index (χ4v) is 10.4. The van der Waals surface area contributed by atoms with Gasteiger partial charge in [-0.2, -0.15) is 0 Å². The first kappa shape index (κ1) is 51.0. The lowest BCUT2D eigenvalue weighted by Gasteiger charge is -2.46. The van der Waals surface area contributed by atoms with Crippen molar-refractivity contribution in [2.75, 3.05) is 36.8 Å². The highest BCUT2D eigenvalue weighted by Gasteiger charge is 2.45. The molecule has 1 aliphatic carbocycles. The van der Waals surface area contributed by atoms with E-state index in [1.807, 2.05) is 0 Å². The summed E-state index contributed by atoms with van der Waals surface area (Å²) in [5.74, 6) is -0.201. The van der Waals surface area contributed by atoms with Gasteiger partial charge in [-0.15, -0.1) is 0 Å². The number of aliphatic hydroxyl groups is 2. The number of aromatic nitrogens is 6. The first-order valence-electron chi connectivity index (χ1n) is 25.8. The number of nitrogens with zero attached hydrogens (tertiary/aromatic N) is 7. The van der Waals surface area contributed by atoms with Gasteiger partial charge >= 0.3 is 0 Å². The van der Waals surface area contributed by atoms with Crippen molar-refractivity contribution in [3.05, 3.63) is 77.3 Å². The second-order valence-corrected chi connectivity index (χ2v) is 21.2. The maximum absolute atomic E-state index is 13.1. The first-order valence-corrected chi connectivity index (χ1v) is 25.8. The first-order chi connectivity index (χ1) is 35.0. The van der Waals surface area contributed by atoms with Crippen LogP contribution >= 0.6 is 0 Å². The molecule has 6 heterocycles. The maximum atomic E-state index is 13.1. The molecule has 20 heteroatoms.